The average Bonchev–Trinajstić information content (AvgIpc) is 3.30. The summed E-state index contributed by atoms with van der Waals surface area (Å²) in [6, 6.07) is 6.07. The quantitative estimate of drug-likeness (QED) is 0.562. The molecule has 0 radical (unpaired) electrons. The molecule has 7 heteroatoms. The fraction of sp³-hybridized carbons (Fsp3) is 0.421. The summed E-state index contributed by atoms with van der Waals surface area (Å²) in [5, 5.41) is 24.7. The Morgan fingerprint density at radius 1 is 1.15 bits per heavy atom. The lowest BCUT2D eigenvalue weighted by atomic mass is 10.0. The van der Waals surface area contributed by atoms with Gasteiger partial charge in [-0.2, -0.15) is 5.10 Å². The second-order valence-corrected chi connectivity index (χ2v) is 8.40. The van der Waals surface area contributed by atoms with E-state index in [-0.39, 0.29) is 0 Å². The van der Waals surface area contributed by atoms with Crippen molar-refractivity contribution in [2.75, 3.05) is 33.2 Å². The molecule has 3 N–H and O–H groups in total. The van der Waals surface area contributed by atoms with Crippen LogP contribution in [0.4, 0.5) is 0 Å². The molecular weight excluding hydrogens is 344 g/mol. The van der Waals surface area contributed by atoms with Crippen molar-refractivity contribution in [2.24, 2.45) is 11.8 Å². The van der Waals surface area contributed by atoms with Gasteiger partial charge in [-0.1, -0.05) is 18.2 Å². The molecule has 0 saturated carbocycles. The fourth-order valence-corrected chi connectivity index (χ4v) is 4.93. The predicted octanol–water partition coefficient (Wildman–Crippen LogP) is 2.87. The maximum absolute atomic E-state index is 8.47. The molecule has 1 aromatic heterocycles. The summed E-state index contributed by atoms with van der Waals surface area (Å²) in [6.07, 6.45) is 3.66. The molecule has 0 aliphatic carbocycles. The Hall–Kier alpha value is -2.12. The van der Waals surface area contributed by atoms with Gasteiger partial charge in [-0.3, -0.25) is 15.9 Å². The van der Waals surface area contributed by atoms with Gasteiger partial charge in [-0.05, 0) is 48.7 Å². The van der Waals surface area contributed by atoms with E-state index in [0.29, 0.717) is 22.0 Å². The van der Waals surface area contributed by atoms with Crippen LogP contribution in [0.1, 0.15) is 11.1 Å². The molecule has 0 amide bonds. The zero-order valence-corrected chi connectivity index (χ0v) is 15.9. The van der Waals surface area contributed by atoms with Crippen molar-refractivity contribution < 1.29 is 0 Å². The maximum Gasteiger partial charge on any atom is 0.162 e. The number of aromatic nitrogens is 2. The van der Waals surface area contributed by atoms with E-state index in [4.69, 9.17) is 10.8 Å². The Morgan fingerprint density at radius 3 is 2.50 bits per heavy atom. The molecule has 2 aliphatic heterocycles. The predicted molar refractivity (Wildman–Crippen MR) is 107 cm³/mol. The van der Waals surface area contributed by atoms with E-state index < -0.39 is 0 Å². The Balaban J connectivity index is 1.41. The zero-order valence-electron chi connectivity index (χ0n) is 15.1. The summed E-state index contributed by atoms with van der Waals surface area (Å²) in [7, 11) is 2.17. The second kappa shape index (κ2) is 6.89. The highest BCUT2D eigenvalue weighted by molar-refractivity contribution is 8.26. The van der Waals surface area contributed by atoms with Gasteiger partial charge in [0.2, 0.25) is 0 Å². The first-order valence-corrected chi connectivity index (χ1v) is 9.71. The smallest absolute Gasteiger partial charge is 0.162 e. The number of aromatic amines is 1. The van der Waals surface area contributed by atoms with Crippen molar-refractivity contribution in [3.8, 4) is 11.1 Å². The minimum atomic E-state index is 0.445. The van der Waals surface area contributed by atoms with Crippen LogP contribution in [0.5, 0.6) is 0 Å². The van der Waals surface area contributed by atoms with Crippen LogP contribution < -0.4 is 0 Å². The number of nitrogens with one attached hydrogen (secondary N) is 3. The van der Waals surface area contributed by atoms with Crippen LogP contribution in [-0.4, -0.2) is 63.4 Å². The Morgan fingerprint density at radius 2 is 1.88 bits per heavy atom. The largest absolute Gasteiger partial charge is 0.351 e. The number of thioether (sulfide) groups is 1. The molecule has 0 spiro atoms. The number of amidine groups is 1. The summed E-state index contributed by atoms with van der Waals surface area (Å²) in [5.41, 5.74) is 4.07. The topological polar surface area (TPSA) is 82.9 Å². The molecular formula is C19H24N6S. The number of nitrogens with zero attached hydrogens (tertiary/aromatic N) is 3. The minimum absolute atomic E-state index is 0.445. The molecule has 2 atom stereocenters. The average molecular weight is 369 g/mol. The summed E-state index contributed by atoms with van der Waals surface area (Å²) in [5.74, 6) is 1.34. The van der Waals surface area contributed by atoms with Crippen LogP contribution in [0.15, 0.2) is 30.6 Å². The number of benzene rings is 1. The Kier molecular flexibility index (Phi) is 4.58. The van der Waals surface area contributed by atoms with Gasteiger partial charge in [0, 0.05) is 43.5 Å². The summed E-state index contributed by atoms with van der Waals surface area (Å²) in [4.78, 5) is 4.53. The SMILES string of the molecule is Cc1cc(-c2cn[nH]c2)ccc1C(=N)SC(=N)N1CC2CN(C)CC2C1. The van der Waals surface area contributed by atoms with Gasteiger partial charge in [0.25, 0.3) is 0 Å². The normalized spacial score (nSPS) is 22.6. The molecule has 2 aromatic rings. The standard InChI is InChI=1S/C19H24N6S/c1-12-5-13(14-6-22-23-7-14)3-4-17(12)18(20)26-19(21)25-10-15-8-24(2)9-16(15)11-25/h3-7,15-16,20-21H,8-11H2,1-2H3,(H,22,23). The lowest BCUT2D eigenvalue weighted by Crippen LogP contribution is -2.30. The van der Waals surface area contributed by atoms with Crippen molar-refractivity contribution in [2.45, 2.75) is 6.92 Å². The zero-order chi connectivity index (χ0) is 18.3. The van der Waals surface area contributed by atoms with E-state index in [1.165, 1.54) is 11.8 Å². The number of fused-ring (bicyclic) bond motifs is 1. The van der Waals surface area contributed by atoms with Gasteiger partial charge < -0.3 is 9.80 Å². The van der Waals surface area contributed by atoms with Crippen molar-refractivity contribution in [1.82, 2.24) is 20.0 Å². The number of likely N-dealkylation sites (tertiary alicyclic amines) is 2. The van der Waals surface area contributed by atoms with Crippen LogP contribution in [0.3, 0.4) is 0 Å². The third kappa shape index (κ3) is 3.29. The second-order valence-electron chi connectivity index (χ2n) is 7.40. The molecule has 3 heterocycles. The highest BCUT2D eigenvalue weighted by Crippen LogP contribution is 2.32. The van der Waals surface area contributed by atoms with Gasteiger partial charge >= 0.3 is 0 Å². The van der Waals surface area contributed by atoms with Crippen molar-refractivity contribution in [3.05, 3.63) is 41.7 Å². The first-order valence-electron chi connectivity index (χ1n) is 8.90. The van der Waals surface area contributed by atoms with E-state index >= 15 is 0 Å². The van der Waals surface area contributed by atoms with Crippen molar-refractivity contribution >= 4 is 22.0 Å². The molecule has 1 aromatic carbocycles. The highest BCUT2D eigenvalue weighted by atomic mass is 32.2. The third-order valence-electron chi connectivity index (χ3n) is 5.46. The number of hydrogen-bond donors (Lipinski definition) is 3. The lowest BCUT2D eigenvalue weighted by molar-refractivity contribution is 0.350. The maximum atomic E-state index is 8.47. The first kappa shape index (κ1) is 17.3. The van der Waals surface area contributed by atoms with Gasteiger partial charge in [0.05, 0.1) is 6.20 Å². The monoisotopic (exact) mass is 368 g/mol. The fourth-order valence-electron chi connectivity index (χ4n) is 4.12. The van der Waals surface area contributed by atoms with E-state index in [9.17, 15) is 0 Å². The molecule has 2 unspecified atom stereocenters. The Labute approximate surface area is 158 Å². The highest BCUT2D eigenvalue weighted by Gasteiger charge is 2.39. The molecule has 136 valence electrons. The first-order chi connectivity index (χ1) is 12.5. The van der Waals surface area contributed by atoms with Gasteiger partial charge in [-0.25, -0.2) is 0 Å². The molecule has 2 saturated heterocycles. The van der Waals surface area contributed by atoms with Gasteiger partial charge in [-0.15, -0.1) is 0 Å². The molecule has 2 aliphatic rings. The number of rotatable bonds is 2. The molecule has 26 heavy (non-hydrogen) atoms. The van der Waals surface area contributed by atoms with Crippen LogP contribution in [0.25, 0.3) is 11.1 Å². The van der Waals surface area contributed by atoms with Gasteiger partial charge in [0.1, 0.15) is 5.04 Å². The minimum Gasteiger partial charge on any atom is -0.351 e. The summed E-state index contributed by atoms with van der Waals surface area (Å²) < 4.78 is 0. The van der Waals surface area contributed by atoms with E-state index in [1.54, 1.807) is 6.20 Å². The summed E-state index contributed by atoms with van der Waals surface area (Å²) in [6.45, 7) is 6.18. The van der Waals surface area contributed by atoms with Crippen molar-refractivity contribution in [1.29, 1.82) is 10.8 Å². The van der Waals surface area contributed by atoms with Crippen LogP contribution in [0.2, 0.25) is 0 Å². The van der Waals surface area contributed by atoms with Crippen LogP contribution in [-0.2, 0) is 0 Å². The Bertz CT molecular complexity index is 817. The summed E-state index contributed by atoms with van der Waals surface area (Å²) >= 11 is 1.27. The number of aryl methyl sites for hydroxylation is 1. The molecule has 6 nitrogen and oxygen atoms in total. The van der Waals surface area contributed by atoms with Crippen molar-refractivity contribution in [3.63, 3.8) is 0 Å². The molecule has 0 bridgehead atoms. The molecule has 2 fully saturated rings. The van der Waals surface area contributed by atoms with E-state index in [1.807, 2.05) is 25.3 Å². The molecule has 4 rings (SSSR count). The van der Waals surface area contributed by atoms with Gasteiger partial charge in [0.15, 0.2) is 5.17 Å². The van der Waals surface area contributed by atoms with Crippen LogP contribution >= 0.6 is 11.8 Å². The van der Waals surface area contributed by atoms with E-state index in [0.717, 1.165) is 48.4 Å². The third-order valence-corrected chi connectivity index (χ3v) is 6.33. The lowest BCUT2D eigenvalue weighted by Gasteiger charge is -2.21. The van der Waals surface area contributed by atoms with Crippen LogP contribution in [0, 0.1) is 29.6 Å². The number of H-pyrrole nitrogens is 1. The number of hydrogen-bond acceptors (Lipinski definition) is 5. The van der Waals surface area contributed by atoms with E-state index in [2.05, 4.69) is 33.1 Å².